The summed E-state index contributed by atoms with van der Waals surface area (Å²) in [4.78, 5) is 0. The molecule has 0 radical (unpaired) electrons. The topological polar surface area (TPSA) is 35.2 Å². The van der Waals surface area contributed by atoms with Gasteiger partial charge in [0.2, 0.25) is 0 Å². The summed E-state index contributed by atoms with van der Waals surface area (Å²) in [7, 11) is 0. The van der Waals surface area contributed by atoms with Crippen LogP contribution in [0.2, 0.25) is 0 Å². The van der Waals surface area contributed by atoms with Crippen LogP contribution in [-0.4, -0.2) is 12.7 Å². The van der Waals surface area contributed by atoms with Gasteiger partial charge in [-0.05, 0) is 55.9 Å². The predicted molar refractivity (Wildman–Crippen MR) is 81.5 cm³/mol. The Hall–Kier alpha value is 0.1000. The third-order valence-electron chi connectivity index (χ3n) is 3.54. The number of nitrogens with two attached hydrogens (primary N) is 1. The van der Waals surface area contributed by atoms with Crippen molar-refractivity contribution in [1.82, 2.24) is 0 Å². The van der Waals surface area contributed by atoms with Gasteiger partial charge < -0.3 is 10.5 Å². The minimum Gasteiger partial charge on any atom is -0.378 e. The van der Waals surface area contributed by atoms with E-state index < -0.39 is 0 Å². The SMILES string of the molecule is CCOC1CC(CC(N)c2cc(Br)ccc2Br)C1. The fourth-order valence-electron chi connectivity index (χ4n) is 2.52. The fourth-order valence-corrected chi connectivity index (χ4v) is 3.44. The summed E-state index contributed by atoms with van der Waals surface area (Å²) >= 11 is 7.07. The molecule has 4 heteroatoms. The van der Waals surface area contributed by atoms with E-state index in [2.05, 4.69) is 44.8 Å². The maximum atomic E-state index is 6.30. The Labute approximate surface area is 126 Å². The summed E-state index contributed by atoms with van der Waals surface area (Å²) in [5.41, 5.74) is 7.49. The second-order valence-corrected chi connectivity index (χ2v) is 6.69. The molecule has 2 nitrogen and oxygen atoms in total. The lowest BCUT2D eigenvalue weighted by Crippen LogP contribution is -2.33. The molecule has 2 N–H and O–H groups in total. The lowest BCUT2D eigenvalue weighted by atomic mass is 9.77. The first-order valence-electron chi connectivity index (χ1n) is 6.42. The van der Waals surface area contributed by atoms with Gasteiger partial charge in [0.1, 0.15) is 0 Å². The highest BCUT2D eigenvalue weighted by Crippen LogP contribution is 2.38. The number of benzene rings is 1. The molecule has 100 valence electrons. The highest BCUT2D eigenvalue weighted by Gasteiger charge is 2.31. The highest BCUT2D eigenvalue weighted by atomic mass is 79.9. The van der Waals surface area contributed by atoms with Gasteiger partial charge in [-0.25, -0.2) is 0 Å². The molecule has 0 aromatic heterocycles. The van der Waals surface area contributed by atoms with Gasteiger partial charge in [0.25, 0.3) is 0 Å². The van der Waals surface area contributed by atoms with Gasteiger partial charge in [-0.1, -0.05) is 31.9 Å². The zero-order valence-corrected chi connectivity index (χ0v) is 13.7. The lowest BCUT2D eigenvalue weighted by molar-refractivity contribution is -0.0282. The van der Waals surface area contributed by atoms with Crippen LogP contribution in [0.25, 0.3) is 0 Å². The van der Waals surface area contributed by atoms with Crippen molar-refractivity contribution < 1.29 is 4.74 Å². The summed E-state index contributed by atoms with van der Waals surface area (Å²) in [6.07, 6.45) is 3.83. The zero-order valence-electron chi connectivity index (χ0n) is 10.5. The minimum atomic E-state index is 0.101. The Bertz CT molecular complexity index is 405. The maximum absolute atomic E-state index is 6.30. The van der Waals surface area contributed by atoms with Crippen LogP contribution in [0.3, 0.4) is 0 Å². The van der Waals surface area contributed by atoms with Crippen molar-refractivity contribution in [2.24, 2.45) is 11.7 Å². The molecule has 1 aliphatic carbocycles. The molecular weight excluding hydrogens is 358 g/mol. The Morgan fingerprint density at radius 3 is 2.78 bits per heavy atom. The van der Waals surface area contributed by atoms with Gasteiger partial charge in [0.15, 0.2) is 0 Å². The molecule has 2 rings (SSSR count). The monoisotopic (exact) mass is 375 g/mol. The van der Waals surface area contributed by atoms with E-state index in [1.807, 2.05) is 12.1 Å². The van der Waals surface area contributed by atoms with E-state index in [4.69, 9.17) is 10.5 Å². The Morgan fingerprint density at radius 1 is 1.39 bits per heavy atom. The standard InChI is InChI=1S/C14H19Br2NO/c1-2-18-11-5-9(6-11)7-14(17)12-8-10(15)3-4-13(12)16/h3-4,8-9,11,14H,2,5-7,17H2,1H3. The van der Waals surface area contributed by atoms with Crippen molar-refractivity contribution in [3.63, 3.8) is 0 Å². The Balaban J connectivity index is 1.89. The van der Waals surface area contributed by atoms with E-state index >= 15 is 0 Å². The number of ether oxygens (including phenoxy) is 1. The highest BCUT2D eigenvalue weighted by molar-refractivity contribution is 9.11. The lowest BCUT2D eigenvalue weighted by Gasteiger charge is -2.36. The molecule has 1 aliphatic rings. The summed E-state index contributed by atoms with van der Waals surface area (Å²) in [6, 6.07) is 6.27. The maximum Gasteiger partial charge on any atom is 0.0580 e. The molecule has 0 saturated heterocycles. The van der Waals surface area contributed by atoms with Crippen molar-refractivity contribution >= 4 is 31.9 Å². The van der Waals surface area contributed by atoms with Crippen molar-refractivity contribution in [3.05, 3.63) is 32.7 Å². The molecule has 1 atom stereocenters. The summed E-state index contributed by atoms with van der Waals surface area (Å²) in [6.45, 7) is 2.87. The first kappa shape index (κ1) is 14.5. The number of halogens is 2. The van der Waals surface area contributed by atoms with Gasteiger partial charge >= 0.3 is 0 Å². The first-order valence-corrected chi connectivity index (χ1v) is 8.00. The first-order chi connectivity index (χ1) is 8.60. The molecule has 1 fully saturated rings. The molecular formula is C14H19Br2NO. The van der Waals surface area contributed by atoms with E-state index in [0.29, 0.717) is 12.0 Å². The van der Waals surface area contributed by atoms with Gasteiger partial charge in [-0.15, -0.1) is 0 Å². The number of rotatable bonds is 5. The normalized spacial score (nSPS) is 24.7. The third-order valence-corrected chi connectivity index (χ3v) is 4.76. The van der Waals surface area contributed by atoms with Crippen LogP contribution in [0, 0.1) is 5.92 Å². The molecule has 0 aliphatic heterocycles. The quantitative estimate of drug-likeness (QED) is 0.825. The molecule has 1 aromatic carbocycles. The molecule has 18 heavy (non-hydrogen) atoms. The van der Waals surface area contributed by atoms with Crippen LogP contribution in [0.1, 0.15) is 37.8 Å². The predicted octanol–water partition coefficient (Wildman–Crippen LogP) is 4.42. The fraction of sp³-hybridized carbons (Fsp3) is 0.571. The molecule has 1 aromatic rings. The number of hydrogen-bond acceptors (Lipinski definition) is 2. The van der Waals surface area contributed by atoms with Crippen molar-refractivity contribution in [3.8, 4) is 0 Å². The van der Waals surface area contributed by atoms with Crippen molar-refractivity contribution in [1.29, 1.82) is 0 Å². The van der Waals surface area contributed by atoms with Crippen molar-refractivity contribution in [2.75, 3.05) is 6.61 Å². The van der Waals surface area contributed by atoms with Crippen molar-refractivity contribution in [2.45, 2.75) is 38.3 Å². The molecule has 1 unspecified atom stereocenters. The van der Waals surface area contributed by atoms with E-state index in [-0.39, 0.29) is 6.04 Å². The van der Waals surface area contributed by atoms with Gasteiger partial charge in [0.05, 0.1) is 6.10 Å². The van der Waals surface area contributed by atoms with Crippen LogP contribution in [0.15, 0.2) is 27.1 Å². The Morgan fingerprint density at radius 2 is 2.11 bits per heavy atom. The summed E-state index contributed by atoms with van der Waals surface area (Å²) in [5, 5.41) is 0. The van der Waals surface area contributed by atoms with Crippen LogP contribution in [-0.2, 0) is 4.74 Å². The summed E-state index contributed by atoms with van der Waals surface area (Å²) < 4.78 is 7.76. The Kier molecular flexibility index (Phi) is 5.24. The van der Waals surface area contributed by atoms with E-state index in [9.17, 15) is 0 Å². The van der Waals surface area contributed by atoms with Crippen LogP contribution < -0.4 is 5.73 Å². The second-order valence-electron chi connectivity index (χ2n) is 4.92. The van der Waals surface area contributed by atoms with Gasteiger partial charge in [-0.3, -0.25) is 0 Å². The number of hydrogen-bond donors (Lipinski definition) is 1. The average molecular weight is 377 g/mol. The molecule has 1 saturated carbocycles. The van der Waals surface area contributed by atoms with Crippen LogP contribution in [0.5, 0.6) is 0 Å². The zero-order chi connectivity index (χ0) is 13.1. The molecule has 0 bridgehead atoms. The van der Waals surface area contributed by atoms with Gasteiger partial charge in [0, 0.05) is 21.6 Å². The summed E-state index contributed by atoms with van der Waals surface area (Å²) in [5.74, 6) is 0.711. The third kappa shape index (κ3) is 3.56. The molecule has 0 amide bonds. The van der Waals surface area contributed by atoms with Gasteiger partial charge in [-0.2, -0.15) is 0 Å². The minimum absolute atomic E-state index is 0.101. The largest absolute Gasteiger partial charge is 0.378 e. The van der Waals surface area contributed by atoms with Crippen LogP contribution >= 0.6 is 31.9 Å². The average Bonchev–Trinajstić information content (AvgIpc) is 2.29. The van der Waals surface area contributed by atoms with Crippen LogP contribution in [0.4, 0.5) is 0 Å². The molecule has 0 spiro atoms. The molecule has 0 heterocycles. The van der Waals surface area contributed by atoms with E-state index in [1.54, 1.807) is 0 Å². The second kappa shape index (κ2) is 6.51. The smallest absolute Gasteiger partial charge is 0.0580 e. The van der Waals surface area contributed by atoms with E-state index in [0.717, 1.165) is 34.8 Å². The van der Waals surface area contributed by atoms with E-state index in [1.165, 1.54) is 5.56 Å².